The van der Waals surface area contributed by atoms with Crippen molar-refractivity contribution in [3.8, 4) is 0 Å². The summed E-state index contributed by atoms with van der Waals surface area (Å²) >= 11 is 0. The maximum Gasteiger partial charge on any atom is -0.0417 e. The van der Waals surface area contributed by atoms with Gasteiger partial charge in [0.05, 0.1) is 0 Å². The van der Waals surface area contributed by atoms with Crippen LogP contribution in [0.4, 0.5) is 0 Å². The Balaban J connectivity index is 0. The van der Waals surface area contributed by atoms with Crippen molar-refractivity contribution >= 4 is 0 Å². The van der Waals surface area contributed by atoms with Gasteiger partial charge in [-0.3, -0.25) is 0 Å². The lowest BCUT2D eigenvalue weighted by Gasteiger charge is -2.16. The quantitative estimate of drug-likeness (QED) is 0.365. The lowest BCUT2D eigenvalue weighted by molar-refractivity contribution is 0.371. The zero-order valence-electron chi connectivity index (χ0n) is 15.1. The van der Waals surface area contributed by atoms with Crippen LogP contribution in [0.2, 0.25) is 0 Å². The van der Waals surface area contributed by atoms with Gasteiger partial charge < -0.3 is 0 Å². The molecule has 0 saturated heterocycles. The summed E-state index contributed by atoms with van der Waals surface area (Å²) in [6.45, 7) is 15.8. The first-order valence-corrected chi connectivity index (χ1v) is 9.10. The van der Waals surface area contributed by atoms with Crippen LogP contribution in [0.25, 0.3) is 0 Å². The van der Waals surface area contributed by atoms with E-state index in [2.05, 4.69) is 34.6 Å². The Morgan fingerprint density at radius 2 is 1.21 bits per heavy atom. The van der Waals surface area contributed by atoms with E-state index in [1.54, 1.807) is 0 Å². The van der Waals surface area contributed by atoms with Gasteiger partial charge in [0.15, 0.2) is 0 Å². The Labute approximate surface area is 124 Å². The predicted molar refractivity (Wildman–Crippen MR) is 91.7 cm³/mol. The van der Waals surface area contributed by atoms with Gasteiger partial charge in [-0.15, -0.1) is 0 Å². The van der Waals surface area contributed by atoms with Gasteiger partial charge in [0, 0.05) is 0 Å². The summed E-state index contributed by atoms with van der Waals surface area (Å²) in [6.07, 6.45) is 12.9. The van der Waals surface area contributed by atoms with Crippen LogP contribution in [0, 0.1) is 17.8 Å². The van der Waals surface area contributed by atoms with Gasteiger partial charge in [0.25, 0.3) is 0 Å². The molecule has 0 aliphatic carbocycles. The highest BCUT2D eigenvalue weighted by Gasteiger charge is 2.07. The smallest absolute Gasteiger partial charge is 0.0417 e. The third-order valence-electron chi connectivity index (χ3n) is 4.06. The highest BCUT2D eigenvalue weighted by Crippen LogP contribution is 2.22. The maximum atomic E-state index is 2.45. The van der Waals surface area contributed by atoms with Gasteiger partial charge in [0.1, 0.15) is 0 Å². The molecule has 0 heterocycles. The lowest BCUT2D eigenvalue weighted by Crippen LogP contribution is -2.01. The summed E-state index contributed by atoms with van der Waals surface area (Å²) < 4.78 is 0. The third-order valence-corrected chi connectivity index (χ3v) is 4.06. The molecule has 0 heteroatoms. The molecule has 0 spiro atoms. The van der Waals surface area contributed by atoms with Crippen LogP contribution >= 0.6 is 0 Å². The lowest BCUT2D eigenvalue weighted by atomic mass is 9.90. The normalized spacial score (nSPS) is 13.9. The summed E-state index contributed by atoms with van der Waals surface area (Å²) in [4.78, 5) is 0. The van der Waals surface area contributed by atoms with E-state index in [0.29, 0.717) is 0 Å². The molecule has 0 amide bonds. The van der Waals surface area contributed by atoms with Crippen LogP contribution in [0.5, 0.6) is 0 Å². The summed E-state index contributed by atoms with van der Waals surface area (Å²) in [6, 6.07) is 0. The van der Waals surface area contributed by atoms with Crippen molar-refractivity contribution < 1.29 is 0 Å². The van der Waals surface area contributed by atoms with Crippen molar-refractivity contribution in [1.29, 1.82) is 0 Å². The Bertz CT molecular complexity index is 148. The molecule has 0 saturated carbocycles. The molecule has 0 aromatic heterocycles. The molecule has 0 fully saturated rings. The largest absolute Gasteiger partial charge is 0.0683 e. The molecular formula is C19H42. The average Bonchev–Trinajstić information content (AvgIpc) is 2.39. The van der Waals surface area contributed by atoms with Gasteiger partial charge in [-0.05, 0) is 17.8 Å². The van der Waals surface area contributed by atoms with Crippen LogP contribution in [0.15, 0.2) is 0 Å². The molecular weight excluding hydrogens is 228 g/mol. The molecule has 0 rings (SSSR count). The van der Waals surface area contributed by atoms with Crippen molar-refractivity contribution in [2.45, 2.75) is 106 Å². The Hall–Kier alpha value is 0. The van der Waals surface area contributed by atoms with Crippen molar-refractivity contribution in [2.24, 2.45) is 17.8 Å². The molecule has 0 aliphatic rings. The average molecular weight is 271 g/mol. The third kappa shape index (κ3) is 15.9. The first-order chi connectivity index (χ1) is 9.10. The van der Waals surface area contributed by atoms with Gasteiger partial charge in [-0.1, -0.05) is 106 Å². The van der Waals surface area contributed by atoms with Crippen molar-refractivity contribution in [2.75, 3.05) is 0 Å². The van der Waals surface area contributed by atoms with Crippen molar-refractivity contribution in [1.82, 2.24) is 0 Å². The second-order valence-electron chi connectivity index (χ2n) is 6.42. The molecule has 2 atom stereocenters. The molecule has 0 aliphatic heterocycles. The fourth-order valence-electron chi connectivity index (χ4n) is 2.73. The first kappa shape index (κ1) is 21.3. The Morgan fingerprint density at radius 3 is 1.63 bits per heavy atom. The van der Waals surface area contributed by atoms with Crippen LogP contribution in [-0.4, -0.2) is 0 Å². The summed E-state index contributed by atoms with van der Waals surface area (Å²) in [7, 11) is 0. The van der Waals surface area contributed by atoms with Gasteiger partial charge >= 0.3 is 0 Å². The van der Waals surface area contributed by atoms with Gasteiger partial charge in [-0.2, -0.15) is 0 Å². The molecule has 118 valence electrons. The predicted octanol–water partition coefficient (Wildman–Crippen LogP) is 7.47. The molecule has 0 aromatic rings. The van der Waals surface area contributed by atoms with E-state index in [1.807, 2.05) is 13.8 Å². The van der Waals surface area contributed by atoms with E-state index in [9.17, 15) is 0 Å². The summed E-state index contributed by atoms with van der Waals surface area (Å²) in [5.41, 5.74) is 0. The molecule has 0 radical (unpaired) electrons. The van der Waals surface area contributed by atoms with E-state index in [4.69, 9.17) is 0 Å². The highest BCUT2D eigenvalue weighted by molar-refractivity contribution is 4.60. The topological polar surface area (TPSA) is 0 Å². The highest BCUT2D eigenvalue weighted by atomic mass is 14.1. The molecule has 2 unspecified atom stereocenters. The van der Waals surface area contributed by atoms with Gasteiger partial charge in [-0.25, -0.2) is 0 Å². The van der Waals surface area contributed by atoms with Crippen molar-refractivity contribution in [3.05, 3.63) is 0 Å². The number of hydrogen-bond donors (Lipinski definition) is 0. The Morgan fingerprint density at radius 1 is 0.684 bits per heavy atom. The summed E-state index contributed by atoms with van der Waals surface area (Å²) in [5, 5.41) is 0. The Kier molecular flexibility index (Phi) is 18.0. The number of rotatable bonds is 11. The van der Waals surface area contributed by atoms with Crippen LogP contribution in [-0.2, 0) is 0 Å². The molecule has 0 bridgehead atoms. The second-order valence-corrected chi connectivity index (χ2v) is 6.42. The summed E-state index contributed by atoms with van der Waals surface area (Å²) in [5.74, 6) is 2.84. The van der Waals surface area contributed by atoms with E-state index < -0.39 is 0 Å². The maximum absolute atomic E-state index is 2.45. The zero-order chi connectivity index (χ0) is 15.1. The van der Waals surface area contributed by atoms with Crippen molar-refractivity contribution in [3.63, 3.8) is 0 Å². The van der Waals surface area contributed by atoms with Crippen LogP contribution in [0.3, 0.4) is 0 Å². The van der Waals surface area contributed by atoms with Gasteiger partial charge in [0.2, 0.25) is 0 Å². The molecule has 19 heavy (non-hydrogen) atoms. The minimum atomic E-state index is 0.885. The van der Waals surface area contributed by atoms with E-state index in [-0.39, 0.29) is 0 Å². The molecule has 0 nitrogen and oxygen atoms in total. The molecule has 0 aromatic carbocycles. The molecule has 0 N–H and O–H groups in total. The fraction of sp³-hybridized carbons (Fsp3) is 1.00. The zero-order valence-corrected chi connectivity index (χ0v) is 15.1. The van der Waals surface area contributed by atoms with E-state index >= 15 is 0 Å². The number of hydrogen-bond acceptors (Lipinski definition) is 0. The monoisotopic (exact) mass is 270 g/mol. The minimum Gasteiger partial charge on any atom is -0.0683 e. The van der Waals surface area contributed by atoms with Crippen LogP contribution < -0.4 is 0 Å². The standard InChI is InChI=1S/C17H36.C2H6/c1-6-10-17(7-2)14-9-13-16(5)12-8-11-15(3)4;1-2/h15-17H,6-14H2,1-5H3;1-2H3. The SMILES string of the molecule is CC.CCCC(CC)CCCC(C)CCCC(C)C. The minimum absolute atomic E-state index is 0.885. The van der Waals surface area contributed by atoms with E-state index in [0.717, 1.165) is 17.8 Å². The fourth-order valence-corrected chi connectivity index (χ4v) is 2.73. The first-order valence-electron chi connectivity index (χ1n) is 9.10. The van der Waals surface area contributed by atoms with E-state index in [1.165, 1.54) is 57.8 Å². The second kappa shape index (κ2) is 16.1. The van der Waals surface area contributed by atoms with Crippen LogP contribution in [0.1, 0.15) is 106 Å².